The number of hydrogen-bond donors (Lipinski definition) is 1. The second-order valence-corrected chi connectivity index (χ2v) is 6.30. The Morgan fingerprint density at radius 2 is 2.12 bits per heavy atom. The van der Waals surface area contributed by atoms with Crippen molar-refractivity contribution in [1.29, 1.82) is 0 Å². The van der Waals surface area contributed by atoms with Gasteiger partial charge in [-0.25, -0.2) is 17.8 Å². The van der Waals surface area contributed by atoms with Gasteiger partial charge in [0, 0.05) is 13.6 Å². The molecule has 0 aliphatic carbocycles. The van der Waals surface area contributed by atoms with Crippen LogP contribution in [0.4, 0.5) is 0 Å². The van der Waals surface area contributed by atoms with Crippen molar-refractivity contribution in [1.82, 2.24) is 24.6 Å². The van der Waals surface area contributed by atoms with E-state index in [9.17, 15) is 8.42 Å². The van der Waals surface area contributed by atoms with Crippen LogP contribution in [-0.2, 0) is 17.1 Å². The highest BCUT2D eigenvalue weighted by molar-refractivity contribution is 9.10. The fraction of sp³-hybridized carbons (Fsp3) is 0.750. The maximum absolute atomic E-state index is 11.9. The Bertz CT molecular complexity index is 451. The van der Waals surface area contributed by atoms with Gasteiger partial charge < -0.3 is 4.90 Å². The molecule has 0 bridgehead atoms. The van der Waals surface area contributed by atoms with Crippen LogP contribution in [0.2, 0.25) is 0 Å². The van der Waals surface area contributed by atoms with Crippen LogP contribution < -0.4 is 4.72 Å². The zero-order valence-electron chi connectivity index (χ0n) is 10.0. The summed E-state index contributed by atoms with van der Waals surface area (Å²) in [4.78, 5) is 2.00. The van der Waals surface area contributed by atoms with Crippen LogP contribution in [0.5, 0.6) is 0 Å². The predicted octanol–water partition coefficient (Wildman–Crippen LogP) is -0.192. The normalized spacial score (nSPS) is 12.3. The third-order valence-corrected chi connectivity index (χ3v) is 4.41. The summed E-state index contributed by atoms with van der Waals surface area (Å²) in [7, 11) is 1.86. The molecule has 0 saturated carbocycles. The van der Waals surface area contributed by atoms with E-state index in [1.165, 1.54) is 11.7 Å². The maximum atomic E-state index is 11.9. The van der Waals surface area contributed by atoms with Crippen LogP contribution >= 0.6 is 15.9 Å². The molecule has 0 aromatic carbocycles. The summed E-state index contributed by atoms with van der Waals surface area (Å²) in [5.74, 6) is 0. The van der Waals surface area contributed by atoms with E-state index >= 15 is 0 Å². The largest absolute Gasteiger partial charge is 0.309 e. The first-order chi connectivity index (χ1) is 7.84. The van der Waals surface area contributed by atoms with E-state index in [1.54, 1.807) is 0 Å². The fourth-order valence-corrected chi connectivity index (χ4v) is 3.44. The molecule has 0 atom stereocenters. The van der Waals surface area contributed by atoms with Crippen LogP contribution in [0, 0.1) is 0 Å². The predicted molar refractivity (Wildman–Crippen MR) is 67.1 cm³/mol. The van der Waals surface area contributed by atoms with Gasteiger partial charge in [0.2, 0.25) is 5.03 Å². The van der Waals surface area contributed by atoms with Crippen LogP contribution in [0.25, 0.3) is 0 Å². The Balaban J connectivity index is 2.64. The highest BCUT2D eigenvalue weighted by atomic mass is 79.9. The second-order valence-electron chi connectivity index (χ2n) is 3.86. The van der Waals surface area contributed by atoms with Crippen molar-refractivity contribution in [3.05, 3.63) is 4.60 Å². The molecule has 0 aliphatic rings. The Morgan fingerprint density at radius 1 is 1.47 bits per heavy atom. The molecule has 9 heteroatoms. The van der Waals surface area contributed by atoms with Crippen LogP contribution in [-0.4, -0.2) is 55.5 Å². The summed E-state index contributed by atoms with van der Waals surface area (Å²) in [6.45, 7) is 1.21. The molecule has 7 nitrogen and oxygen atoms in total. The Labute approximate surface area is 109 Å². The first kappa shape index (κ1) is 14.6. The van der Waals surface area contributed by atoms with Gasteiger partial charge in [-0.05, 0) is 43.0 Å². The van der Waals surface area contributed by atoms with Gasteiger partial charge in [0.25, 0.3) is 10.0 Å². The SMILES string of the molecule is CN(C)CCCNS(=O)(=O)c1c(Br)nnn1C. The van der Waals surface area contributed by atoms with Gasteiger partial charge in [-0.3, -0.25) is 0 Å². The number of rotatable bonds is 6. The third kappa shape index (κ3) is 4.02. The topological polar surface area (TPSA) is 80.1 Å². The number of nitrogens with one attached hydrogen (secondary N) is 1. The summed E-state index contributed by atoms with van der Waals surface area (Å²) in [6.07, 6.45) is 0.745. The van der Waals surface area contributed by atoms with Gasteiger partial charge in [0.15, 0.2) is 4.60 Å². The van der Waals surface area contributed by atoms with E-state index in [4.69, 9.17) is 0 Å². The van der Waals surface area contributed by atoms with Crippen LogP contribution in [0.15, 0.2) is 9.63 Å². The van der Waals surface area contributed by atoms with E-state index in [0.29, 0.717) is 6.54 Å². The molecule has 1 heterocycles. The van der Waals surface area contributed by atoms with Crippen molar-refractivity contribution in [3.8, 4) is 0 Å². The van der Waals surface area contributed by atoms with E-state index in [2.05, 4.69) is 31.0 Å². The lowest BCUT2D eigenvalue weighted by molar-refractivity contribution is 0.400. The van der Waals surface area contributed by atoms with Gasteiger partial charge in [-0.2, -0.15) is 0 Å². The van der Waals surface area contributed by atoms with Gasteiger partial charge in [0.1, 0.15) is 0 Å². The fourth-order valence-electron chi connectivity index (χ4n) is 1.28. The number of aromatic nitrogens is 3. The molecule has 17 heavy (non-hydrogen) atoms. The van der Waals surface area contributed by atoms with Gasteiger partial charge >= 0.3 is 0 Å². The number of nitrogens with zero attached hydrogens (tertiary/aromatic N) is 4. The van der Waals surface area contributed by atoms with Crippen LogP contribution in [0.3, 0.4) is 0 Å². The lowest BCUT2D eigenvalue weighted by atomic mass is 10.4. The lowest BCUT2D eigenvalue weighted by Crippen LogP contribution is -2.29. The molecule has 0 fully saturated rings. The van der Waals surface area contributed by atoms with Crippen molar-refractivity contribution in [2.75, 3.05) is 27.2 Å². The monoisotopic (exact) mass is 325 g/mol. The number of aryl methyl sites for hydroxylation is 1. The minimum atomic E-state index is -3.55. The molecule has 1 aromatic heterocycles. The maximum Gasteiger partial charge on any atom is 0.260 e. The molecule has 0 radical (unpaired) electrons. The number of hydrogen-bond acceptors (Lipinski definition) is 5. The smallest absolute Gasteiger partial charge is 0.260 e. The highest BCUT2D eigenvalue weighted by Gasteiger charge is 2.23. The van der Waals surface area contributed by atoms with E-state index < -0.39 is 10.0 Å². The Kier molecular flexibility index (Phi) is 5.04. The van der Waals surface area contributed by atoms with E-state index in [-0.39, 0.29) is 9.63 Å². The molecule has 0 saturated heterocycles. The molecule has 0 spiro atoms. The quantitative estimate of drug-likeness (QED) is 0.733. The average Bonchev–Trinajstić information content (AvgIpc) is 2.53. The second kappa shape index (κ2) is 5.89. The first-order valence-electron chi connectivity index (χ1n) is 5.04. The minimum absolute atomic E-state index is 0.0438. The van der Waals surface area contributed by atoms with E-state index in [1.807, 2.05) is 19.0 Å². The lowest BCUT2D eigenvalue weighted by Gasteiger charge is -2.10. The summed E-state index contributed by atoms with van der Waals surface area (Å²) < 4.78 is 27.8. The molecule has 98 valence electrons. The summed E-state index contributed by atoms with van der Waals surface area (Å²) >= 11 is 3.06. The first-order valence-corrected chi connectivity index (χ1v) is 7.32. The zero-order chi connectivity index (χ0) is 13.1. The summed E-state index contributed by atoms with van der Waals surface area (Å²) in [6, 6.07) is 0. The van der Waals surface area contributed by atoms with Crippen molar-refractivity contribution in [2.24, 2.45) is 7.05 Å². The molecular weight excluding hydrogens is 310 g/mol. The Morgan fingerprint density at radius 3 is 2.59 bits per heavy atom. The van der Waals surface area contributed by atoms with Crippen molar-refractivity contribution in [2.45, 2.75) is 11.4 Å². The van der Waals surface area contributed by atoms with Gasteiger partial charge in [0.05, 0.1) is 0 Å². The molecule has 0 unspecified atom stereocenters. The van der Waals surface area contributed by atoms with Gasteiger partial charge in [-0.15, -0.1) is 5.10 Å². The number of sulfonamides is 1. The third-order valence-electron chi connectivity index (χ3n) is 2.07. The minimum Gasteiger partial charge on any atom is -0.309 e. The highest BCUT2D eigenvalue weighted by Crippen LogP contribution is 2.17. The standard InChI is InChI=1S/C8H16BrN5O2S/c1-13(2)6-4-5-10-17(15,16)8-7(9)11-12-14(8)3/h10H,4-6H2,1-3H3. The summed E-state index contributed by atoms with van der Waals surface area (Å²) in [5.41, 5.74) is 0. The van der Waals surface area contributed by atoms with Crippen molar-refractivity contribution >= 4 is 26.0 Å². The average molecular weight is 326 g/mol. The van der Waals surface area contributed by atoms with Gasteiger partial charge in [-0.1, -0.05) is 5.21 Å². The molecule has 1 rings (SSSR count). The molecule has 0 aliphatic heterocycles. The summed E-state index contributed by atoms with van der Waals surface area (Å²) in [5, 5.41) is 7.32. The number of halogens is 1. The van der Waals surface area contributed by atoms with Crippen molar-refractivity contribution < 1.29 is 8.42 Å². The molecule has 0 amide bonds. The van der Waals surface area contributed by atoms with E-state index in [0.717, 1.165) is 13.0 Å². The van der Waals surface area contributed by atoms with Crippen LogP contribution in [0.1, 0.15) is 6.42 Å². The molecule has 1 aromatic rings. The molecular formula is C8H16BrN5O2S. The Hall–Kier alpha value is -0.510. The molecule has 1 N–H and O–H groups in total. The van der Waals surface area contributed by atoms with Crippen molar-refractivity contribution in [3.63, 3.8) is 0 Å². The zero-order valence-corrected chi connectivity index (χ0v) is 12.4.